The van der Waals surface area contributed by atoms with Crippen molar-refractivity contribution in [1.82, 2.24) is 4.98 Å². The van der Waals surface area contributed by atoms with Crippen molar-refractivity contribution in [2.24, 2.45) is 0 Å². The van der Waals surface area contributed by atoms with Gasteiger partial charge in [0.25, 0.3) is 0 Å². The summed E-state index contributed by atoms with van der Waals surface area (Å²) >= 11 is 0. The molecule has 0 atom stereocenters. The minimum atomic E-state index is -2.97. The van der Waals surface area contributed by atoms with E-state index in [0.29, 0.717) is 17.7 Å². The molecule has 6 nitrogen and oxygen atoms in total. The second-order valence-electron chi connectivity index (χ2n) is 6.79. The van der Waals surface area contributed by atoms with Crippen LogP contribution in [0.25, 0.3) is 11.5 Å². The number of aryl methyl sites for hydroxylation is 1. The Balaban J connectivity index is 1.73. The third-order valence-corrected chi connectivity index (χ3v) is 4.13. The minimum absolute atomic E-state index is 0.0628. The highest BCUT2D eigenvalue weighted by molar-refractivity contribution is 5.98. The van der Waals surface area contributed by atoms with E-state index >= 15 is 0 Å². The van der Waals surface area contributed by atoms with Crippen molar-refractivity contribution in [2.75, 3.05) is 0 Å². The Morgan fingerprint density at radius 1 is 1.13 bits per heavy atom. The number of Topliss-reactive ketones (excluding diaryl/α,β-unsaturated/α-hetero) is 1. The highest BCUT2D eigenvalue weighted by atomic mass is 19.3. The quantitative estimate of drug-likeness (QED) is 0.479. The Morgan fingerprint density at radius 3 is 2.60 bits per heavy atom. The van der Waals surface area contributed by atoms with Crippen molar-refractivity contribution in [3.63, 3.8) is 0 Å². The number of halogens is 2. The largest absolute Gasteiger partial charge is 0.507 e. The van der Waals surface area contributed by atoms with Gasteiger partial charge in [-0.05, 0) is 44.2 Å². The van der Waals surface area contributed by atoms with Gasteiger partial charge in [0.2, 0.25) is 5.89 Å². The molecule has 0 fully saturated rings. The Hall–Kier alpha value is -3.42. The molecule has 0 aliphatic rings. The molecule has 0 amide bonds. The fraction of sp³-hybridized carbons (Fsp3) is 0.273. The predicted molar refractivity (Wildman–Crippen MR) is 105 cm³/mol. The standard InChI is InChI=1S/C22H21F2NO5/c1-13(2)29-20-11-14(7-10-19(20)30-22(23)24)21-25-15(12-28-21)8-9-18(27)16-5-3-4-6-17(16)26/h3-7,10-13,22,26H,8-9H2,1-2H3. The van der Waals surface area contributed by atoms with Crippen LogP contribution in [-0.2, 0) is 6.42 Å². The van der Waals surface area contributed by atoms with E-state index in [4.69, 9.17) is 9.15 Å². The number of aromatic hydroxyl groups is 1. The summed E-state index contributed by atoms with van der Waals surface area (Å²) in [6.07, 6.45) is 1.64. The van der Waals surface area contributed by atoms with Crippen molar-refractivity contribution >= 4 is 5.78 Å². The number of para-hydroxylation sites is 1. The number of phenolic OH excluding ortho intramolecular Hbond substituents is 1. The molecule has 0 saturated heterocycles. The van der Waals surface area contributed by atoms with E-state index in [9.17, 15) is 18.7 Å². The summed E-state index contributed by atoms with van der Waals surface area (Å²) in [5, 5.41) is 9.77. The van der Waals surface area contributed by atoms with Crippen LogP contribution in [-0.4, -0.2) is 28.6 Å². The Bertz CT molecular complexity index is 1020. The zero-order chi connectivity index (χ0) is 21.7. The minimum Gasteiger partial charge on any atom is -0.507 e. The molecule has 2 aromatic carbocycles. The van der Waals surface area contributed by atoms with Crippen molar-refractivity contribution in [2.45, 2.75) is 39.4 Å². The molecule has 1 heterocycles. The second kappa shape index (κ2) is 9.39. The molecule has 0 bridgehead atoms. The molecule has 3 rings (SSSR count). The van der Waals surface area contributed by atoms with Gasteiger partial charge in [-0.3, -0.25) is 4.79 Å². The van der Waals surface area contributed by atoms with Crippen LogP contribution in [0.5, 0.6) is 17.2 Å². The molecule has 1 aromatic heterocycles. The highest BCUT2D eigenvalue weighted by Gasteiger charge is 2.17. The van der Waals surface area contributed by atoms with Gasteiger partial charge in [-0.15, -0.1) is 0 Å². The maximum absolute atomic E-state index is 12.6. The van der Waals surface area contributed by atoms with Gasteiger partial charge < -0.3 is 19.0 Å². The summed E-state index contributed by atoms with van der Waals surface area (Å²) in [5.41, 5.74) is 1.32. The summed E-state index contributed by atoms with van der Waals surface area (Å²) in [6, 6.07) is 10.8. The number of carbonyl (C=O) groups is 1. The van der Waals surface area contributed by atoms with Gasteiger partial charge in [0.1, 0.15) is 12.0 Å². The lowest BCUT2D eigenvalue weighted by atomic mass is 10.0. The third-order valence-electron chi connectivity index (χ3n) is 4.13. The van der Waals surface area contributed by atoms with E-state index < -0.39 is 6.61 Å². The van der Waals surface area contributed by atoms with E-state index in [2.05, 4.69) is 9.72 Å². The summed E-state index contributed by atoms with van der Waals surface area (Å²) in [5.74, 6) is 0.0582. The average Bonchev–Trinajstić information content (AvgIpc) is 3.16. The number of aromatic nitrogens is 1. The van der Waals surface area contributed by atoms with Gasteiger partial charge >= 0.3 is 6.61 Å². The highest BCUT2D eigenvalue weighted by Crippen LogP contribution is 2.34. The molecule has 0 aliphatic carbocycles. The molecule has 3 aromatic rings. The number of hydrogen-bond acceptors (Lipinski definition) is 6. The lowest BCUT2D eigenvalue weighted by molar-refractivity contribution is -0.0518. The number of ketones is 1. The van der Waals surface area contributed by atoms with Crippen molar-refractivity contribution < 1.29 is 32.6 Å². The predicted octanol–water partition coefficient (Wildman–Crippen LogP) is 5.25. The average molecular weight is 417 g/mol. The summed E-state index contributed by atoms with van der Waals surface area (Å²) in [4.78, 5) is 16.6. The fourth-order valence-electron chi connectivity index (χ4n) is 2.82. The Labute approximate surface area is 172 Å². The van der Waals surface area contributed by atoms with Crippen LogP contribution in [0.3, 0.4) is 0 Å². The van der Waals surface area contributed by atoms with Crippen molar-refractivity contribution in [3.8, 4) is 28.7 Å². The molecular formula is C22H21F2NO5. The number of nitrogens with zero attached hydrogens (tertiary/aromatic N) is 1. The first kappa shape index (κ1) is 21.3. The van der Waals surface area contributed by atoms with Crippen LogP contribution in [0.2, 0.25) is 0 Å². The molecule has 8 heteroatoms. The molecule has 0 spiro atoms. The summed E-state index contributed by atoms with van der Waals surface area (Å²) in [6.45, 7) is 0.563. The summed E-state index contributed by atoms with van der Waals surface area (Å²) < 4.78 is 40.7. The zero-order valence-electron chi connectivity index (χ0n) is 16.5. The van der Waals surface area contributed by atoms with E-state index in [1.165, 1.54) is 30.5 Å². The SMILES string of the molecule is CC(C)Oc1cc(-c2nc(CCC(=O)c3ccccc3O)co2)ccc1OC(F)F. The molecular weight excluding hydrogens is 396 g/mol. The van der Waals surface area contributed by atoms with Gasteiger partial charge in [-0.2, -0.15) is 8.78 Å². The van der Waals surface area contributed by atoms with Crippen LogP contribution in [0.4, 0.5) is 8.78 Å². The maximum atomic E-state index is 12.6. The number of rotatable bonds is 9. The Kier molecular flexibility index (Phi) is 6.66. The van der Waals surface area contributed by atoms with E-state index in [1.807, 2.05) is 0 Å². The van der Waals surface area contributed by atoms with Crippen LogP contribution in [0.15, 0.2) is 53.1 Å². The topological polar surface area (TPSA) is 81.8 Å². The van der Waals surface area contributed by atoms with E-state index in [-0.39, 0.29) is 47.0 Å². The van der Waals surface area contributed by atoms with Crippen molar-refractivity contribution in [1.29, 1.82) is 0 Å². The Morgan fingerprint density at radius 2 is 1.90 bits per heavy atom. The summed E-state index contributed by atoms with van der Waals surface area (Å²) in [7, 11) is 0. The van der Waals surface area contributed by atoms with E-state index in [0.717, 1.165) is 0 Å². The lowest BCUT2D eigenvalue weighted by Crippen LogP contribution is -2.09. The normalized spacial score (nSPS) is 11.1. The monoisotopic (exact) mass is 417 g/mol. The van der Waals surface area contributed by atoms with Gasteiger partial charge in [0.05, 0.1) is 17.4 Å². The molecule has 1 N–H and O–H groups in total. The van der Waals surface area contributed by atoms with Gasteiger partial charge in [-0.1, -0.05) is 12.1 Å². The van der Waals surface area contributed by atoms with E-state index in [1.54, 1.807) is 32.0 Å². The first-order valence-electron chi connectivity index (χ1n) is 9.35. The number of ether oxygens (including phenoxy) is 2. The van der Waals surface area contributed by atoms with Gasteiger partial charge in [0.15, 0.2) is 17.3 Å². The van der Waals surface area contributed by atoms with Gasteiger partial charge in [0, 0.05) is 18.4 Å². The molecule has 0 radical (unpaired) electrons. The fourth-order valence-corrected chi connectivity index (χ4v) is 2.82. The molecule has 158 valence electrons. The van der Waals surface area contributed by atoms with Crippen LogP contribution < -0.4 is 9.47 Å². The maximum Gasteiger partial charge on any atom is 0.387 e. The third kappa shape index (κ3) is 5.34. The number of oxazole rings is 1. The second-order valence-corrected chi connectivity index (χ2v) is 6.79. The molecule has 0 aliphatic heterocycles. The molecule has 30 heavy (non-hydrogen) atoms. The van der Waals surface area contributed by atoms with Crippen LogP contribution in [0, 0.1) is 0 Å². The van der Waals surface area contributed by atoms with Crippen molar-refractivity contribution in [3.05, 3.63) is 60.0 Å². The number of alkyl halides is 2. The van der Waals surface area contributed by atoms with Crippen LogP contribution >= 0.6 is 0 Å². The number of carbonyl (C=O) groups excluding carboxylic acids is 1. The first-order valence-corrected chi connectivity index (χ1v) is 9.35. The molecule has 0 unspecified atom stereocenters. The first-order chi connectivity index (χ1) is 14.3. The molecule has 0 saturated carbocycles. The van der Waals surface area contributed by atoms with Crippen LogP contribution in [0.1, 0.15) is 36.3 Å². The smallest absolute Gasteiger partial charge is 0.387 e. The number of hydrogen-bond donors (Lipinski definition) is 1. The van der Waals surface area contributed by atoms with Gasteiger partial charge in [-0.25, -0.2) is 4.98 Å². The number of phenols is 1. The lowest BCUT2D eigenvalue weighted by Gasteiger charge is -2.15. The number of benzene rings is 2. The zero-order valence-corrected chi connectivity index (χ0v) is 16.5.